The molecular formula is C13H23NO2. The molecule has 0 aromatic rings. The van der Waals surface area contributed by atoms with E-state index in [0.29, 0.717) is 6.42 Å². The van der Waals surface area contributed by atoms with Crippen LogP contribution < -0.4 is 0 Å². The van der Waals surface area contributed by atoms with Crippen LogP contribution in [0.1, 0.15) is 45.4 Å². The van der Waals surface area contributed by atoms with Gasteiger partial charge in [-0.25, -0.2) is 0 Å². The lowest BCUT2D eigenvalue weighted by Crippen LogP contribution is -2.37. The molecule has 2 aliphatic carbocycles. The van der Waals surface area contributed by atoms with Crippen molar-refractivity contribution in [3.63, 3.8) is 0 Å². The summed E-state index contributed by atoms with van der Waals surface area (Å²) >= 11 is 0. The van der Waals surface area contributed by atoms with Gasteiger partial charge in [0.05, 0.1) is 6.42 Å². The van der Waals surface area contributed by atoms with Gasteiger partial charge in [-0.15, -0.1) is 0 Å². The standard InChI is InChI=1S/C13H23NO2/c1-2-14(9-11-4-3-5-11)10-13(6-7-13)8-12(15)16/h11H,2-10H2,1H3,(H,15,16). The van der Waals surface area contributed by atoms with E-state index in [9.17, 15) is 4.79 Å². The fraction of sp³-hybridized carbons (Fsp3) is 0.923. The normalized spacial score (nSPS) is 23.1. The van der Waals surface area contributed by atoms with Crippen LogP contribution in [0.4, 0.5) is 0 Å². The van der Waals surface area contributed by atoms with E-state index in [-0.39, 0.29) is 5.41 Å². The fourth-order valence-electron chi connectivity index (χ4n) is 2.71. The average molecular weight is 225 g/mol. The first-order chi connectivity index (χ1) is 7.63. The van der Waals surface area contributed by atoms with Crippen molar-refractivity contribution >= 4 is 5.97 Å². The Kier molecular flexibility index (Phi) is 3.53. The van der Waals surface area contributed by atoms with Crippen LogP contribution >= 0.6 is 0 Å². The second-order valence-electron chi connectivity index (χ2n) is 5.70. The lowest BCUT2D eigenvalue weighted by Gasteiger charge is -2.33. The summed E-state index contributed by atoms with van der Waals surface area (Å²) in [4.78, 5) is 13.3. The van der Waals surface area contributed by atoms with Crippen LogP contribution in [0.15, 0.2) is 0 Å². The van der Waals surface area contributed by atoms with E-state index >= 15 is 0 Å². The molecule has 2 saturated carbocycles. The molecule has 0 radical (unpaired) electrons. The Labute approximate surface area is 97.8 Å². The van der Waals surface area contributed by atoms with Gasteiger partial charge in [0.1, 0.15) is 0 Å². The van der Waals surface area contributed by atoms with Gasteiger partial charge in [0, 0.05) is 13.1 Å². The summed E-state index contributed by atoms with van der Waals surface area (Å²) in [5.41, 5.74) is 0.131. The van der Waals surface area contributed by atoms with Gasteiger partial charge in [0.2, 0.25) is 0 Å². The molecule has 2 aliphatic rings. The molecule has 0 unspecified atom stereocenters. The van der Waals surface area contributed by atoms with Crippen molar-refractivity contribution in [3.05, 3.63) is 0 Å². The number of hydrogen-bond acceptors (Lipinski definition) is 2. The fourth-order valence-corrected chi connectivity index (χ4v) is 2.71. The zero-order chi connectivity index (χ0) is 11.6. The first-order valence-corrected chi connectivity index (χ1v) is 6.58. The molecule has 0 aliphatic heterocycles. The number of carbonyl (C=O) groups is 1. The van der Waals surface area contributed by atoms with Crippen molar-refractivity contribution in [1.29, 1.82) is 0 Å². The summed E-state index contributed by atoms with van der Waals surface area (Å²) in [5, 5.41) is 8.90. The lowest BCUT2D eigenvalue weighted by atomic mass is 9.85. The van der Waals surface area contributed by atoms with Gasteiger partial charge in [-0.1, -0.05) is 13.3 Å². The van der Waals surface area contributed by atoms with Crippen LogP contribution in [-0.4, -0.2) is 35.6 Å². The number of nitrogens with zero attached hydrogens (tertiary/aromatic N) is 1. The summed E-state index contributed by atoms with van der Waals surface area (Å²) in [6, 6.07) is 0. The van der Waals surface area contributed by atoms with Gasteiger partial charge in [-0.05, 0) is 43.6 Å². The third-order valence-electron chi connectivity index (χ3n) is 4.23. The zero-order valence-corrected chi connectivity index (χ0v) is 10.2. The summed E-state index contributed by atoms with van der Waals surface area (Å²) < 4.78 is 0. The Morgan fingerprint density at radius 1 is 1.44 bits per heavy atom. The molecule has 0 aromatic heterocycles. The predicted molar refractivity (Wildman–Crippen MR) is 63.4 cm³/mol. The number of aliphatic carboxylic acids is 1. The molecule has 92 valence electrons. The number of hydrogen-bond donors (Lipinski definition) is 1. The van der Waals surface area contributed by atoms with E-state index in [1.165, 1.54) is 25.8 Å². The maximum atomic E-state index is 10.8. The van der Waals surface area contributed by atoms with Crippen LogP contribution in [0.2, 0.25) is 0 Å². The molecule has 0 aromatic carbocycles. The predicted octanol–water partition coefficient (Wildman–Crippen LogP) is 2.36. The topological polar surface area (TPSA) is 40.5 Å². The van der Waals surface area contributed by atoms with E-state index in [1.54, 1.807) is 0 Å². The zero-order valence-electron chi connectivity index (χ0n) is 10.2. The van der Waals surface area contributed by atoms with Gasteiger partial charge < -0.3 is 10.0 Å². The molecule has 1 N–H and O–H groups in total. The van der Waals surface area contributed by atoms with E-state index in [1.807, 2.05) is 0 Å². The van der Waals surface area contributed by atoms with Crippen molar-refractivity contribution in [3.8, 4) is 0 Å². The smallest absolute Gasteiger partial charge is 0.303 e. The largest absolute Gasteiger partial charge is 0.481 e. The minimum atomic E-state index is -0.628. The van der Waals surface area contributed by atoms with Crippen LogP contribution in [0, 0.1) is 11.3 Å². The molecule has 3 heteroatoms. The molecule has 16 heavy (non-hydrogen) atoms. The average Bonchev–Trinajstić information content (AvgIpc) is 2.88. The molecule has 3 nitrogen and oxygen atoms in total. The van der Waals surface area contributed by atoms with Crippen molar-refractivity contribution in [1.82, 2.24) is 4.90 Å². The third-order valence-corrected chi connectivity index (χ3v) is 4.23. The number of carboxylic acids is 1. The summed E-state index contributed by atoms with van der Waals surface area (Å²) in [6.45, 7) is 5.46. The van der Waals surface area contributed by atoms with Gasteiger partial charge in [-0.3, -0.25) is 4.79 Å². The van der Waals surface area contributed by atoms with E-state index in [2.05, 4.69) is 11.8 Å². The highest BCUT2D eigenvalue weighted by Gasteiger charge is 2.45. The Morgan fingerprint density at radius 2 is 2.12 bits per heavy atom. The van der Waals surface area contributed by atoms with Gasteiger partial charge in [0.15, 0.2) is 0 Å². The third kappa shape index (κ3) is 2.97. The number of carboxylic acid groups (broad SMARTS) is 1. The molecule has 2 rings (SSSR count). The highest BCUT2D eigenvalue weighted by atomic mass is 16.4. The Balaban J connectivity index is 1.78. The molecule has 0 heterocycles. The molecule has 0 saturated heterocycles. The van der Waals surface area contributed by atoms with Crippen molar-refractivity contribution in [2.75, 3.05) is 19.6 Å². The lowest BCUT2D eigenvalue weighted by molar-refractivity contribution is -0.138. The Hall–Kier alpha value is -0.570. The summed E-state index contributed by atoms with van der Waals surface area (Å²) in [7, 11) is 0. The summed E-state index contributed by atoms with van der Waals surface area (Å²) in [6.07, 6.45) is 6.74. The Morgan fingerprint density at radius 3 is 2.50 bits per heavy atom. The van der Waals surface area contributed by atoms with Gasteiger partial charge >= 0.3 is 5.97 Å². The molecule has 0 bridgehead atoms. The molecule has 2 fully saturated rings. The molecular weight excluding hydrogens is 202 g/mol. The van der Waals surface area contributed by atoms with E-state index in [0.717, 1.165) is 31.8 Å². The first kappa shape index (κ1) is 11.9. The number of rotatable bonds is 7. The second kappa shape index (κ2) is 4.74. The monoisotopic (exact) mass is 225 g/mol. The van der Waals surface area contributed by atoms with E-state index in [4.69, 9.17) is 5.11 Å². The molecule has 0 atom stereocenters. The second-order valence-corrected chi connectivity index (χ2v) is 5.70. The maximum Gasteiger partial charge on any atom is 0.303 e. The van der Waals surface area contributed by atoms with Crippen LogP contribution in [0.25, 0.3) is 0 Å². The minimum absolute atomic E-state index is 0.131. The minimum Gasteiger partial charge on any atom is -0.481 e. The van der Waals surface area contributed by atoms with Crippen LogP contribution in [-0.2, 0) is 4.79 Å². The van der Waals surface area contributed by atoms with E-state index < -0.39 is 5.97 Å². The van der Waals surface area contributed by atoms with Crippen molar-refractivity contribution < 1.29 is 9.90 Å². The van der Waals surface area contributed by atoms with Crippen LogP contribution in [0.5, 0.6) is 0 Å². The first-order valence-electron chi connectivity index (χ1n) is 6.58. The maximum absolute atomic E-state index is 10.8. The van der Waals surface area contributed by atoms with Crippen molar-refractivity contribution in [2.45, 2.75) is 45.4 Å². The Bertz CT molecular complexity index is 257. The van der Waals surface area contributed by atoms with Crippen LogP contribution in [0.3, 0.4) is 0 Å². The summed E-state index contributed by atoms with van der Waals surface area (Å²) in [5.74, 6) is 0.262. The highest BCUT2D eigenvalue weighted by Crippen LogP contribution is 2.49. The molecule has 0 amide bonds. The van der Waals surface area contributed by atoms with Gasteiger partial charge in [0.25, 0.3) is 0 Å². The molecule has 0 spiro atoms. The quantitative estimate of drug-likeness (QED) is 0.723. The van der Waals surface area contributed by atoms with Crippen molar-refractivity contribution in [2.24, 2.45) is 11.3 Å². The SMILES string of the molecule is CCN(CC1CCC1)CC1(CC(=O)O)CC1. The van der Waals surface area contributed by atoms with Gasteiger partial charge in [-0.2, -0.15) is 0 Å². The highest BCUT2D eigenvalue weighted by molar-refractivity contribution is 5.68.